The van der Waals surface area contributed by atoms with Crippen molar-refractivity contribution in [1.29, 1.82) is 0 Å². The topological polar surface area (TPSA) is 38.3 Å². The van der Waals surface area contributed by atoms with E-state index < -0.39 is 4.32 Å². The lowest BCUT2D eigenvalue weighted by Crippen LogP contribution is -2.48. The average Bonchev–Trinajstić information content (AvgIpc) is 2.17. The maximum atomic E-state index is 11.7. The fourth-order valence-electron chi connectivity index (χ4n) is 1.63. The van der Waals surface area contributed by atoms with Crippen molar-refractivity contribution in [3.8, 4) is 0 Å². The molecule has 0 radical (unpaired) electrons. The lowest BCUT2D eigenvalue weighted by Gasteiger charge is -2.30. The van der Waals surface area contributed by atoms with Crippen molar-refractivity contribution in [3.63, 3.8) is 0 Å². The molecule has 1 rings (SSSR count). The van der Waals surface area contributed by atoms with Crippen LogP contribution >= 0.6 is 15.9 Å². The highest BCUT2D eigenvalue weighted by Gasteiger charge is 2.28. The predicted molar refractivity (Wildman–Crippen MR) is 64.2 cm³/mol. The lowest BCUT2D eigenvalue weighted by atomic mass is 10.0. The van der Waals surface area contributed by atoms with Crippen molar-refractivity contribution in [1.82, 2.24) is 5.32 Å². The summed E-state index contributed by atoms with van der Waals surface area (Å²) in [5.41, 5.74) is 0. The zero-order valence-electron chi connectivity index (χ0n) is 9.68. The second-order valence-electron chi connectivity index (χ2n) is 4.64. The molecular formula is C11H20BrNO2. The molecule has 3 nitrogen and oxygen atoms in total. The first kappa shape index (κ1) is 13.0. The number of carbonyl (C=O) groups is 1. The van der Waals surface area contributed by atoms with E-state index in [1.807, 2.05) is 20.8 Å². The zero-order valence-corrected chi connectivity index (χ0v) is 11.3. The first-order valence-electron chi connectivity index (χ1n) is 5.53. The summed E-state index contributed by atoms with van der Waals surface area (Å²) in [5, 5.41) is 2.98. The summed E-state index contributed by atoms with van der Waals surface area (Å²) in [5.74, 6) is 0.0178. The Balaban J connectivity index is 2.40. The van der Waals surface area contributed by atoms with Crippen LogP contribution < -0.4 is 5.32 Å². The Morgan fingerprint density at radius 1 is 1.53 bits per heavy atom. The number of ether oxygens (including phenoxy) is 1. The molecule has 1 N–H and O–H groups in total. The molecule has 1 saturated heterocycles. The molecule has 88 valence electrons. The van der Waals surface area contributed by atoms with Gasteiger partial charge < -0.3 is 10.1 Å². The minimum absolute atomic E-state index is 0.0178. The third kappa shape index (κ3) is 4.11. The smallest absolute Gasteiger partial charge is 0.236 e. The van der Waals surface area contributed by atoms with Gasteiger partial charge in [-0.3, -0.25) is 4.79 Å². The summed E-state index contributed by atoms with van der Waals surface area (Å²) >= 11 is 3.34. The monoisotopic (exact) mass is 277 g/mol. The summed E-state index contributed by atoms with van der Waals surface area (Å²) in [6.45, 7) is 6.52. The number of amides is 1. The van der Waals surface area contributed by atoms with Crippen LogP contribution in [0.2, 0.25) is 0 Å². The van der Waals surface area contributed by atoms with Crippen LogP contribution in [0, 0.1) is 0 Å². The summed E-state index contributed by atoms with van der Waals surface area (Å²) in [7, 11) is 0. The first-order chi connectivity index (χ1) is 6.91. The van der Waals surface area contributed by atoms with E-state index >= 15 is 0 Å². The Bertz CT molecular complexity index is 219. The third-order valence-electron chi connectivity index (χ3n) is 2.67. The van der Waals surface area contributed by atoms with Crippen LogP contribution in [0.25, 0.3) is 0 Å². The molecule has 0 aromatic heterocycles. The molecule has 1 aliphatic heterocycles. The van der Waals surface area contributed by atoms with Crippen LogP contribution in [0.15, 0.2) is 0 Å². The van der Waals surface area contributed by atoms with E-state index in [1.165, 1.54) is 6.42 Å². The van der Waals surface area contributed by atoms with E-state index in [-0.39, 0.29) is 18.1 Å². The number of hydrogen-bond acceptors (Lipinski definition) is 2. The van der Waals surface area contributed by atoms with Crippen molar-refractivity contribution in [2.75, 3.05) is 6.61 Å². The highest BCUT2D eigenvalue weighted by molar-refractivity contribution is 9.10. The van der Waals surface area contributed by atoms with Crippen molar-refractivity contribution >= 4 is 21.8 Å². The van der Waals surface area contributed by atoms with Gasteiger partial charge in [0.25, 0.3) is 0 Å². The molecule has 0 spiro atoms. The van der Waals surface area contributed by atoms with Gasteiger partial charge in [-0.2, -0.15) is 0 Å². The van der Waals surface area contributed by atoms with Gasteiger partial charge in [-0.15, -0.1) is 0 Å². The second-order valence-corrected chi connectivity index (χ2v) is 6.62. The highest BCUT2D eigenvalue weighted by Crippen LogP contribution is 2.19. The van der Waals surface area contributed by atoms with Gasteiger partial charge in [0.2, 0.25) is 5.91 Å². The fourth-order valence-corrected chi connectivity index (χ4v) is 1.75. The Morgan fingerprint density at radius 3 is 2.67 bits per heavy atom. The quantitative estimate of drug-likeness (QED) is 0.804. The number of nitrogens with one attached hydrogen (secondary N) is 1. The van der Waals surface area contributed by atoms with Crippen LogP contribution in [-0.2, 0) is 9.53 Å². The van der Waals surface area contributed by atoms with E-state index in [4.69, 9.17) is 4.74 Å². The van der Waals surface area contributed by atoms with E-state index in [1.54, 1.807) is 0 Å². The number of halogens is 1. The van der Waals surface area contributed by atoms with Gasteiger partial charge in [-0.1, -0.05) is 15.9 Å². The van der Waals surface area contributed by atoms with Gasteiger partial charge in [0, 0.05) is 6.61 Å². The Kier molecular flexibility index (Phi) is 4.59. The van der Waals surface area contributed by atoms with E-state index in [9.17, 15) is 4.79 Å². The zero-order chi connectivity index (χ0) is 11.5. The van der Waals surface area contributed by atoms with Crippen LogP contribution in [0.1, 0.15) is 40.0 Å². The predicted octanol–water partition coefficient (Wildman–Crippen LogP) is 2.23. The third-order valence-corrected chi connectivity index (χ3v) is 3.03. The standard InChI is InChI=1S/C11H20BrNO2/c1-8(9-6-4-5-7-15-9)13-10(14)11(2,3)12/h8-9H,4-7H2,1-3H3,(H,13,14). The molecule has 1 fully saturated rings. The van der Waals surface area contributed by atoms with Crippen LogP contribution in [0.4, 0.5) is 0 Å². The van der Waals surface area contributed by atoms with Gasteiger partial charge in [-0.05, 0) is 40.0 Å². The molecule has 0 aromatic carbocycles. The van der Waals surface area contributed by atoms with Gasteiger partial charge >= 0.3 is 0 Å². The maximum Gasteiger partial charge on any atom is 0.236 e. The SMILES string of the molecule is CC(NC(=O)C(C)(C)Br)C1CCCCO1. The molecule has 2 atom stereocenters. The average molecular weight is 278 g/mol. The Morgan fingerprint density at radius 2 is 2.20 bits per heavy atom. The Hall–Kier alpha value is -0.0900. The van der Waals surface area contributed by atoms with Crippen molar-refractivity contribution in [2.24, 2.45) is 0 Å². The first-order valence-corrected chi connectivity index (χ1v) is 6.32. The number of carbonyl (C=O) groups excluding carboxylic acids is 1. The summed E-state index contributed by atoms with van der Waals surface area (Å²) < 4.78 is 5.12. The summed E-state index contributed by atoms with van der Waals surface area (Å²) in [4.78, 5) is 11.7. The van der Waals surface area contributed by atoms with Crippen molar-refractivity contribution in [2.45, 2.75) is 56.5 Å². The maximum absolute atomic E-state index is 11.7. The Labute approximate surface area is 100 Å². The molecule has 1 aliphatic rings. The summed E-state index contributed by atoms with van der Waals surface area (Å²) in [6, 6.07) is 0.0922. The van der Waals surface area contributed by atoms with E-state index in [0.717, 1.165) is 19.4 Å². The molecule has 4 heteroatoms. The van der Waals surface area contributed by atoms with Gasteiger partial charge in [0.05, 0.1) is 16.5 Å². The molecular weight excluding hydrogens is 258 g/mol. The normalized spacial score (nSPS) is 24.7. The van der Waals surface area contributed by atoms with Crippen molar-refractivity contribution in [3.05, 3.63) is 0 Å². The van der Waals surface area contributed by atoms with Crippen LogP contribution in [0.3, 0.4) is 0 Å². The van der Waals surface area contributed by atoms with Crippen LogP contribution in [0.5, 0.6) is 0 Å². The van der Waals surface area contributed by atoms with E-state index in [2.05, 4.69) is 21.2 Å². The van der Waals surface area contributed by atoms with E-state index in [0.29, 0.717) is 0 Å². The molecule has 15 heavy (non-hydrogen) atoms. The second kappa shape index (κ2) is 5.30. The molecule has 1 amide bonds. The lowest BCUT2D eigenvalue weighted by molar-refractivity contribution is -0.124. The molecule has 0 aliphatic carbocycles. The van der Waals surface area contributed by atoms with Gasteiger partial charge in [0.15, 0.2) is 0 Å². The van der Waals surface area contributed by atoms with Gasteiger partial charge in [0.1, 0.15) is 0 Å². The number of alkyl halides is 1. The minimum Gasteiger partial charge on any atom is -0.376 e. The highest BCUT2D eigenvalue weighted by atomic mass is 79.9. The van der Waals surface area contributed by atoms with Gasteiger partial charge in [-0.25, -0.2) is 0 Å². The number of rotatable bonds is 3. The molecule has 0 aromatic rings. The van der Waals surface area contributed by atoms with Crippen molar-refractivity contribution < 1.29 is 9.53 Å². The number of hydrogen-bond donors (Lipinski definition) is 1. The van der Waals surface area contributed by atoms with Crippen LogP contribution in [-0.4, -0.2) is 29.0 Å². The fraction of sp³-hybridized carbons (Fsp3) is 0.909. The molecule has 2 unspecified atom stereocenters. The molecule has 0 bridgehead atoms. The molecule has 1 heterocycles. The largest absolute Gasteiger partial charge is 0.376 e. The summed E-state index contributed by atoms with van der Waals surface area (Å²) in [6.07, 6.45) is 3.56. The molecule has 0 saturated carbocycles. The minimum atomic E-state index is -0.504.